The van der Waals surface area contributed by atoms with Crippen molar-refractivity contribution in [3.63, 3.8) is 0 Å². The zero-order valence-electron chi connectivity index (χ0n) is 7.12. The van der Waals surface area contributed by atoms with Crippen molar-refractivity contribution >= 4 is 33.5 Å². The molecule has 0 aliphatic heterocycles. The molecule has 0 saturated carbocycles. The van der Waals surface area contributed by atoms with Gasteiger partial charge in [0.15, 0.2) is 0 Å². The maximum atomic E-state index is 5.24. The van der Waals surface area contributed by atoms with Crippen molar-refractivity contribution in [2.75, 3.05) is 7.11 Å². The molecule has 0 saturated heterocycles. The van der Waals surface area contributed by atoms with Gasteiger partial charge in [-0.15, -0.1) is 0 Å². The fourth-order valence-electron chi connectivity index (χ4n) is 1.29. The van der Waals surface area contributed by atoms with Gasteiger partial charge in [-0.3, -0.25) is 4.98 Å². The molecular weight excluding hydrogens is 277 g/mol. The molecular formula is C10H8INO. The fraction of sp³-hybridized carbons (Fsp3) is 0.100. The second-order valence-corrected chi connectivity index (χ2v) is 3.81. The van der Waals surface area contributed by atoms with E-state index in [0.717, 1.165) is 20.2 Å². The van der Waals surface area contributed by atoms with Gasteiger partial charge in [-0.1, -0.05) is 0 Å². The first-order chi connectivity index (χ1) is 6.33. The summed E-state index contributed by atoms with van der Waals surface area (Å²) in [5.74, 6) is 0.878. The minimum absolute atomic E-state index is 0.878. The normalized spacial score (nSPS) is 10.3. The summed E-state index contributed by atoms with van der Waals surface area (Å²) in [6, 6.07) is 7.91. The number of hydrogen-bond acceptors (Lipinski definition) is 2. The van der Waals surface area contributed by atoms with Crippen molar-refractivity contribution in [1.29, 1.82) is 0 Å². The molecule has 1 heterocycles. The first-order valence-electron chi connectivity index (χ1n) is 3.90. The van der Waals surface area contributed by atoms with Crippen LogP contribution < -0.4 is 4.74 Å². The third-order valence-corrected chi connectivity index (χ3v) is 2.77. The Hall–Kier alpha value is -0.840. The Bertz CT molecular complexity index is 442. The number of rotatable bonds is 1. The smallest absolute Gasteiger partial charge is 0.128 e. The summed E-state index contributed by atoms with van der Waals surface area (Å²) >= 11 is 2.27. The van der Waals surface area contributed by atoms with Gasteiger partial charge >= 0.3 is 0 Å². The van der Waals surface area contributed by atoms with Crippen LogP contribution in [0.25, 0.3) is 10.9 Å². The molecule has 2 nitrogen and oxygen atoms in total. The van der Waals surface area contributed by atoms with Crippen molar-refractivity contribution < 1.29 is 4.74 Å². The van der Waals surface area contributed by atoms with Crippen molar-refractivity contribution in [2.45, 2.75) is 0 Å². The average molecular weight is 285 g/mol. The highest BCUT2D eigenvalue weighted by molar-refractivity contribution is 14.1. The van der Waals surface area contributed by atoms with Crippen LogP contribution in [-0.4, -0.2) is 12.1 Å². The summed E-state index contributed by atoms with van der Waals surface area (Å²) in [5, 5.41) is 1.07. The molecule has 1 aromatic heterocycles. The van der Waals surface area contributed by atoms with E-state index in [0.29, 0.717) is 0 Å². The first kappa shape index (κ1) is 8.74. The third kappa shape index (κ3) is 1.48. The zero-order valence-corrected chi connectivity index (χ0v) is 9.28. The molecule has 0 fully saturated rings. The lowest BCUT2D eigenvalue weighted by Gasteiger charge is -2.05. The number of hydrogen-bond donors (Lipinski definition) is 0. The van der Waals surface area contributed by atoms with Gasteiger partial charge < -0.3 is 4.74 Å². The van der Waals surface area contributed by atoms with Gasteiger partial charge in [0.2, 0.25) is 0 Å². The molecule has 13 heavy (non-hydrogen) atoms. The number of ether oxygens (including phenoxy) is 1. The maximum absolute atomic E-state index is 5.24. The van der Waals surface area contributed by atoms with Crippen LogP contribution in [0, 0.1) is 3.57 Å². The average Bonchev–Trinajstić information content (AvgIpc) is 2.19. The van der Waals surface area contributed by atoms with Gasteiger partial charge in [-0.05, 0) is 46.9 Å². The SMILES string of the molecule is COc1ccc(I)c2ncccc12. The summed E-state index contributed by atoms with van der Waals surface area (Å²) in [6.45, 7) is 0. The Kier molecular flexibility index (Phi) is 2.35. The number of aromatic nitrogens is 1. The zero-order chi connectivity index (χ0) is 9.26. The standard InChI is InChI=1S/C10H8INO/c1-13-9-5-4-8(11)10-7(9)3-2-6-12-10/h2-6H,1H3. The topological polar surface area (TPSA) is 22.1 Å². The van der Waals surface area contributed by atoms with Gasteiger partial charge in [0, 0.05) is 15.2 Å². The Balaban J connectivity index is 2.84. The third-order valence-electron chi connectivity index (χ3n) is 1.90. The van der Waals surface area contributed by atoms with Crippen LogP contribution in [0.1, 0.15) is 0 Å². The van der Waals surface area contributed by atoms with Gasteiger partial charge in [0.25, 0.3) is 0 Å². The summed E-state index contributed by atoms with van der Waals surface area (Å²) < 4.78 is 6.39. The minimum atomic E-state index is 0.878. The van der Waals surface area contributed by atoms with Crippen molar-refractivity contribution in [3.8, 4) is 5.75 Å². The Labute approximate surface area is 90.1 Å². The summed E-state index contributed by atoms with van der Waals surface area (Å²) in [6.07, 6.45) is 1.80. The molecule has 0 radical (unpaired) electrons. The second kappa shape index (κ2) is 3.49. The molecule has 0 unspecified atom stereocenters. The Morgan fingerprint density at radius 1 is 1.31 bits per heavy atom. The molecule has 3 heteroatoms. The largest absolute Gasteiger partial charge is 0.496 e. The lowest BCUT2D eigenvalue weighted by Crippen LogP contribution is -1.88. The summed E-state index contributed by atoms with van der Waals surface area (Å²) in [4.78, 5) is 4.30. The molecule has 1 aromatic carbocycles. The molecule has 0 bridgehead atoms. The van der Waals surface area contributed by atoms with Crippen LogP contribution in [0.5, 0.6) is 5.75 Å². The molecule has 0 N–H and O–H groups in total. The lowest BCUT2D eigenvalue weighted by atomic mass is 10.2. The van der Waals surface area contributed by atoms with Gasteiger partial charge in [0.1, 0.15) is 5.75 Å². The van der Waals surface area contributed by atoms with Crippen LogP contribution in [0.15, 0.2) is 30.5 Å². The van der Waals surface area contributed by atoms with E-state index in [1.54, 1.807) is 13.3 Å². The summed E-state index contributed by atoms with van der Waals surface area (Å²) in [7, 11) is 1.68. The molecule has 0 amide bonds. The van der Waals surface area contributed by atoms with Crippen LogP contribution in [0.2, 0.25) is 0 Å². The lowest BCUT2D eigenvalue weighted by molar-refractivity contribution is 0.419. The molecule has 0 atom stereocenters. The van der Waals surface area contributed by atoms with E-state index in [9.17, 15) is 0 Å². The van der Waals surface area contributed by atoms with E-state index >= 15 is 0 Å². The van der Waals surface area contributed by atoms with E-state index in [-0.39, 0.29) is 0 Å². The predicted molar refractivity (Wildman–Crippen MR) is 61.0 cm³/mol. The van der Waals surface area contributed by atoms with Crippen LogP contribution >= 0.6 is 22.6 Å². The van der Waals surface area contributed by atoms with E-state index in [1.165, 1.54) is 0 Å². The molecule has 0 aliphatic carbocycles. The van der Waals surface area contributed by atoms with Crippen molar-refractivity contribution in [1.82, 2.24) is 4.98 Å². The highest BCUT2D eigenvalue weighted by atomic mass is 127. The van der Waals surface area contributed by atoms with Crippen molar-refractivity contribution in [3.05, 3.63) is 34.0 Å². The van der Waals surface area contributed by atoms with Crippen molar-refractivity contribution in [2.24, 2.45) is 0 Å². The first-order valence-corrected chi connectivity index (χ1v) is 4.98. The molecule has 0 aliphatic rings. The van der Waals surface area contributed by atoms with E-state index < -0.39 is 0 Å². The minimum Gasteiger partial charge on any atom is -0.496 e. The summed E-state index contributed by atoms with van der Waals surface area (Å²) in [5.41, 5.74) is 1.00. The van der Waals surface area contributed by atoms with E-state index in [1.807, 2.05) is 24.3 Å². The number of benzene rings is 1. The van der Waals surface area contributed by atoms with Crippen LogP contribution in [0.4, 0.5) is 0 Å². The highest BCUT2D eigenvalue weighted by Gasteiger charge is 2.03. The van der Waals surface area contributed by atoms with Gasteiger partial charge in [-0.2, -0.15) is 0 Å². The highest BCUT2D eigenvalue weighted by Crippen LogP contribution is 2.27. The maximum Gasteiger partial charge on any atom is 0.128 e. The molecule has 2 aromatic rings. The Morgan fingerprint density at radius 3 is 2.92 bits per heavy atom. The monoisotopic (exact) mass is 285 g/mol. The van der Waals surface area contributed by atoms with E-state index in [2.05, 4.69) is 27.6 Å². The molecule has 0 spiro atoms. The number of pyridine rings is 1. The Morgan fingerprint density at radius 2 is 2.15 bits per heavy atom. The van der Waals surface area contributed by atoms with Crippen LogP contribution in [-0.2, 0) is 0 Å². The quantitative estimate of drug-likeness (QED) is 0.752. The number of halogens is 1. The molecule has 66 valence electrons. The fourth-order valence-corrected chi connectivity index (χ4v) is 1.90. The van der Waals surface area contributed by atoms with Gasteiger partial charge in [0.05, 0.1) is 12.6 Å². The van der Waals surface area contributed by atoms with E-state index in [4.69, 9.17) is 4.74 Å². The number of methoxy groups -OCH3 is 1. The number of fused-ring (bicyclic) bond motifs is 1. The molecule has 2 rings (SSSR count). The second-order valence-electron chi connectivity index (χ2n) is 2.65. The predicted octanol–water partition coefficient (Wildman–Crippen LogP) is 2.85. The number of nitrogens with zero attached hydrogens (tertiary/aromatic N) is 1. The van der Waals surface area contributed by atoms with Gasteiger partial charge in [-0.25, -0.2) is 0 Å². The van der Waals surface area contributed by atoms with Crippen LogP contribution in [0.3, 0.4) is 0 Å².